The number of nitrogens with zero attached hydrogens (tertiary/aromatic N) is 1. The number of thiazole rings is 1. The second-order valence-corrected chi connectivity index (χ2v) is 7.61. The van der Waals surface area contributed by atoms with Crippen LogP contribution in [-0.4, -0.2) is 28.1 Å². The number of allylic oxidation sites excluding steroid dienone is 2. The zero-order valence-electron chi connectivity index (χ0n) is 17.2. The second kappa shape index (κ2) is 12.3. The first-order chi connectivity index (χ1) is 14.8. The SMILES string of the molecule is CC(C)C=COC(=O)CCC=C(C(=O)O)c1csc(NC(=O)OCc2ccccc2)n1. The van der Waals surface area contributed by atoms with E-state index in [4.69, 9.17) is 9.47 Å². The van der Waals surface area contributed by atoms with Crippen LogP contribution in [0.3, 0.4) is 0 Å². The molecule has 2 aromatic rings. The molecule has 9 heteroatoms. The molecule has 1 aromatic carbocycles. The molecule has 0 spiro atoms. The number of carbonyl (C=O) groups is 3. The zero-order valence-corrected chi connectivity index (χ0v) is 18.1. The maximum absolute atomic E-state index is 11.9. The minimum absolute atomic E-state index is 0.0280. The van der Waals surface area contributed by atoms with E-state index in [1.54, 1.807) is 6.08 Å². The van der Waals surface area contributed by atoms with Crippen molar-refractivity contribution in [2.75, 3.05) is 5.32 Å². The number of carboxylic acids is 1. The predicted octanol–water partition coefficient (Wildman–Crippen LogP) is 4.85. The van der Waals surface area contributed by atoms with Gasteiger partial charge in [0.2, 0.25) is 0 Å². The molecule has 0 saturated carbocycles. The van der Waals surface area contributed by atoms with Crippen LogP contribution in [0.25, 0.3) is 5.57 Å². The van der Waals surface area contributed by atoms with E-state index in [9.17, 15) is 19.5 Å². The molecule has 0 saturated heterocycles. The highest BCUT2D eigenvalue weighted by molar-refractivity contribution is 7.14. The van der Waals surface area contributed by atoms with Gasteiger partial charge in [-0.05, 0) is 24.0 Å². The van der Waals surface area contributed by atoms with Crippen molar-refractivity contribution in [3.8, 4) is 0 Å². The van der Waals surface area contributed by atoms with Crippen molar-refractivity contribution in [1.82, 2.24) is 4.98 Å². The number of aromatic nitrogens is 1. The third kappa shape index (κ3) is 8.83. The number of aliphatic carboxylic acids is 1. The van der Waals surface area contributed by atoms with Gasteiger partial charge < -0.3 is 14.6 Å². The lowest BCUT2D eigenvalue weighted by Crippen LogP contribution is -2.13. The predicted molar refractivity (Wildman–Crippen MR) is 117 cm³/mol. The molecular formula is C22H24N2O6S. The molecule has 1 aromatic heterocycles. The number of rotatable bonds is 10. The van der Waals surface area contributed by atoms with Crippen molar-refractivity contribution in [2.24, 2.45) is 5.92 Å². The first-order valence-corrected chi connectivity index (χ1v) is 10.5. The summed E-state index contributed by atoms with van der Waals surface area (Å²) in [7, 11) is 0. The number of hydrogen-bond donors (Lipinski definition) is 2. The van der Waals surface area contributed by atoms with Gasteiger partial charge in [-0.15, -0.1) is 11.3 Å². The summed E-state index contributed by atoms with van der Waals surface area (Å²) in [5.41, 5.74) is 0.961. The van der Waals surface area contributed by atoms with E-state index in [-0.39, 0.29) is 41.8 Å². The number of esters is 1. The Morgan fingerprint density at radius 3 is 2.65 bits per heavy atom. The maximum Gasteiger partial charge on any atom is 0.413 e. The molecule has 8 nitrogen and oxygen atoms in total. The normalized spacial score (nSPS) is 11.5. The summed E-state index contributed by atoms with van der Waals surface area (Å²) < 4.78 is 10.0. The van der Waals surface area contributed by atoms with Crippen LogP contribution in [0.5, 0.6) is 0 Å². The Labute approximate surface area is 184 Å². The van der Waals surface area contributed by atoms with Crippen molar-refractivity contribution < 1.29 is 29.0 Å². The van der Waals surface area contributed by atoms with Gasteiger partial charge >= 0.3 is 18.0 Å². The van der Waals surface area contributed by atoms with Gasteiger partial charge in [-0.3, -0.25) is 10.1 Å². The van der Waals surface area contributed by atoms with Crippen LogP contribution in [0.2, 0.25) is 0 Å². The Hall–Kier alpha value is -3.46. The summed E-state index contributed by atoms with van der Waals surface area (Å²) in [5.74, 6) is -1.38. The molecule has 2 rings (SSSR count). The minimum atomic E-state index is -1.18. The molecule has 0 unspecified atom stereocenters. The highest BCUT2D eigenvalue weighted by Crippen LogP contribution is 2.23. The second-order valence-electron chi connectivity index (χ2n) is 6.75. The Bertz CT molecular complexity index is 950. The van der Waals surface area contributed by atoms with Gasteiger partial charge in [-0.2, -0.15) is 0 Å². The fourth-order valence-electron chi connectivity index (χ4n) is 2.27. The highest BCUT2D eigenvalue weighted by atomic mass is 32.1. The number of nitrogens with one attached hydrogen (secondary N) is 1. The molecule has 1 heterocycles. The first kappa shape index (κ1) is 23.8. The van der Waals surface area contributed by atoms with Crippen molar-refractivity contribution in [1.29, 1.82) is 0 Å². The van der Waals surface area contributed by atoms with Crippen molar-refractivity contribution >= 4 is 40.1 Å². The molecule has 0 bridgehead atoms. The fourth-order valence-corrected chi connectivity index (χ4v) is 2.96. The average molecular weight is 445 g/mol. The molecule has 0 fully saturated rings. The third-order valence-corrected chi connectivity index (χ3v) is 4.55. The molecule has 164 valence electrons. The highest BCUT2D eigenvalue weighted by Gasteiger charge is 2.16. The lowest BCUT2D eigenvalue weighted by atomic mass is 10.1. The van der Waals surface area contributed by atoms with Crippen molar-refractivity contribution in [3.05, 3.63) is 65.4 Å². The number of anilines is 1. The van der Waals surface area contributed by atoms with Crippen LogP contribution < -0.4 is 5.32 Å². The van der Waals surface area contributed by atoms with E-state index in [0.29, 0.717) is 0 Å². The Morgan fingerprint density at radius 2 is 1.97 bits per heavy atom. The van der Waals surface area contributed by atoms with Gasteiger partial charge in [-0.25, -0.2) is 14.6 Å². The molecule has 0 aliphatic heterocycles. The Morgan fingerprint density at radius 1 is 1.23 bits per heavy atom. The number of carbonyl (C=O) groups excluding carboxylic acids is 2. The molecule has 0 aliphatic carbocycles. The topological polar surface area (TPSA) is 115 Å². The maximum atomic E-state index is 11.9. The van der Waals surface area contributed by atoms with E-state index >= 15 is 0 Å². The molecule has 31 heavy (non-hydrogen) atoms. The van der Waals surface area contributed by atoms with Gasteiger partial charge in [0.1, 0.15) is 6.61 Å². The zero-order chi connectivity index (χ0) is 22.6. The summed E-state index contributed by atoms with van der Waals surface area (Å²) in [4.78, 5) is 39.3. The quantitative estimate of drug-likeness (QED) is 0.306. The average Bonchev–Trinajstić information content (AvgIpc) is 3.17. The van der Waals surface area contributed by atoms with Gasteiger partial charge in [0.25, 0.3) is 0 Å². The summed E-state index contributed by atoms with van der Waals surface area (Å²) in [5, 5.41) is 13.6. The van der Waals surface area contributed by atoms with Gasteiger partial charge in [0.15, 0.2) is 5.13 Å². The lowest BCUT2D eigenvalue weighted by molar-refractivity contribution is -0.138. The van der Waals surface area contributed by atoms with Crippen molar-refractivity contribution in [3.63, 3.8) is 0 Å². The van der Waals surface area contributed by atoms with Gasteiger partial charge in [0.05, 0.1) is 17.5 Å². The van der Waals surface area contributed by atoms with E-state index in [0.717, 1.165) is 16.9 Å². The van der Waals surface area contributed by atoms with Gasteiger partial charge in [0, 0.05) is 11.8 Å². The molecule has 0 atom stereocenters. The standard InChI is InChI=1S/C22H24N2O6S/c1-15(2)11-12-29-19(25)10-6-9-17(20(26)27)18-14-31-21(23-18)24-22(28)30-13-16-7-4-3-5-8-16/h3-5,7-9,11-12,14-15H,6,10,13H2,1-2H3,(H,26,27)(H,23,24,28). The van der Waals surface area contributed by atoms with E-state index in [2.05, 4.69) is 10.3 Å². The minimum Gasteiger partial charge on any atom is -0.478 e. The Balaban J connectivity index is 1.89. The van der Waals surface area contributed by atoms with Crippen molar-refractivity contribution in [2.45, 2.75) is 33.3 Å². The molecule has 2 N–H and O–H groups in total. The lowest BCUT2D eigenvalue weighted by Gasteiger charge is -2.04. The smallest absolute Gasteiger partial charge is 0.413 e. The molecule has 1 amide bonds. The van der Waals surface area contributed by atoms with Crippen LogP contribution in [0.1, 0.15) is 37.9 Å². The monoisotopic (exact) mass is 444 g/mol. The van der Waals surface area contributed by atoms with E-state index < -0.39 is 18.0 Å². The summed E-state index contributed by atoms with van der Waals surface area (Å²) in [6.07, 6.45) is 4.00. The fraction of sp³-hybridized carbons (Fsp3) is 0.273. The number of carboxylic acid groups (broad SMARTS) is 1. The largest absolute Gasteiger partial charge is 0.478 e. The summed E-state index contributed by atoms with van der Waals surface area (Å²) >= 11 is 1.07. The van der Waals surface area contributed by atoms with Crippen LogP contribution in [0.4, 0.5) is 9.93 Å². The molecule has 0 radical (unpaired) electrons. The van der Waals surface area contributed by atoms with Crippen LogP contribution in [0, 0.1) is 5.92 Å². The van der Waals surface area contributed by atoms with Crippen LogP contribution in [-0.2, 0) is 25.7 Å². The summed E-state index contributed by atoms with van der Waals surface area (Å²) in [6, 6.07) is 9.20. The van der Waals surface area contributed by atoms with Crippen LogP contribution >= 0.6 is 11.3 Å². The molecule has 0 aliphatic rings. The first-order valence-electron chi connectivity index (χ1n) is 9.58. The number of benzene rings is 1. The van der Waals surface area contributed by atoms with E-state index in [1.807, 2.05) is 44.2 Å². The number of hydrogen-bond acceptors (Lipinski definition) is 7. The Kier molecular flexibility index (Phi) is 9.44. The number of amides is 1. The number of ether oxygens (including phenoxy) is 2. The van der Waals surface area contributed by atoms with Crippen LogP contribution in [0.15, 0.2) is 54.1 Å². The summed E-state index contributed by atoms with van der Waals surface area (Å²) in [6.45, 7) is 4.01. The van der Waals surface area contributed by atoms with Gasteiger partial charge in [-0.1, -0.05) is 50.3 Å². The molecular weight excluding hydrogens is 420 g/mol. The van der Waals surface area contributed by atoms with E-state index in [1.165, 1.54) is 17.7 Å². The third-order valence-electron chi connectivity index (χ3n) is 3.79.